The smallest absolute Gasteiger partial charge is 0.267 e. The molecule has 1 N–H and O–H groups in total. The maximum absolute atomic E-state index is 13.0. The highest BCUT2D eigenvalue weighted by Gasteiger charge is 2.34. The number of phenolic OH excluding ortho intramolecular Hbond substituents is 1. The zero-order valence-corrected chi connectivity index (χ0v) is 18.2. The van der Waals surface area contributed by atoms with Crippen LogP contribution in [0.25, 0.3) is 6.08 Å². The van der Waals surface area contributed by atoms with Crippen LogP contribution in [-0.2, 0) is 11.3 Å². The summed E-state index contributed by atoms with van der Waals surface area (Å²) in [5.74, 6) is 0.557. The van der Waals surface area contributed by atoms with E-state index in [1.807, 2.05) is 0 Å². The Kier molecular flexibility index (Phi) is 6.46. The number of amidine groups is 1. The van der Waals surface area contributed by atoms with Crippen LogP contribution < -0.4 is 0 Å². The minimum atomic E-state index is -0.218. The minimum absolute atomic E-state index is 0.156. The van der Waals surface area contributed by atoms with Crippen LogP contribution in [0.1, 0.15) is 16.9 Å². The number of hydrogen-bond acceptors (Lipinski definition) is 6. The van der Waals surface area contributed by atoms with E-state index >= 15 is 0 Å². The fourth-order valence-corrected chi connectivity index (χ4v) is 4.05. The van der Waals surface area contributed by atoms with Gasteiger partial charge >= 0.3 is 0 Å². The second kappa shape index (κ2) is 9.43. The van der Waals surface area contributed by atoms with Gasteiger partial charge in [-0.15, -0.1) is 5.10 Å². The number of nitrogens with zero attached hydrogens (tertiary/aromatic N) is 3. The summed E-state index contributed by atoms with van der Waals surface area (Å²) < 4.78 is 5.39. The molecule has 1 saturated heterocycles. The van der Waals surface area contributed by atoms with Gasteiger partial charge in [0.25, 0.3) is 5.91 Å². The van der Waals surface area contributed by atoms with Crippen molar-refractivity contribution in [1.29, 1.82) is 0 Å². The number of hydrogen-bond donors (Lipinski definition) is 1. The second-order valence-electron chi connectivity index (χ2n) is 6.44. The number of carbonyl (C=O) groups excluding carboxylic acids is 1. The number of benzene rings is 2. The topological polar surface area (TPSA) is 78.4 Å². The van der Waals surface area contributed by atoms with Crippen molar-refractivity contribution >= 4 is 58.3 Å². The standard InChI is InChI=1S/C22H15Cl2N3O3S/c23-18-5-1-3-15(20(18)24)12-25-26-22-27(13-17-4-2-10-30-17)21(29)19(31-22)11-14-6-8-16(28)9-7-14/h1-12,28H,13H2/b19-11-,25-12-,26-22+. The molecule has 6 nitrogen and oxygen atoms in total. The number of amides is 1. The van der Waals surface area contributed by atoms with E-state index in [2.05, 4.69) is 10.2 Å². The number of aromatic hydroxyl groups is 1. The maximum atomic E-state index is 13.0. The van der Waals surface area contributed by atoms with Gasteiger partial charge in [0.15, 0.2) is 5.17 Å². The normalized spacial score (nSPS) is 16.8. The van der Waals surface area contributed by atoms with Gasteiger partial charge in [-0.25, -0.2) is 0 Å². The maximum Gasteiger partial charge on any atom is 0.267 e. The molecule has 1 aliphatic rings. The molecule has 0 atom stereocenters. The Morgan fingerprint density at radius 3 is 2.65 bits per heavy atom. The molecule has 2 aromatic carbocycles. The highest BCUT2D eigenvalue weighted by Crippen LogP contribution is 2.34. The minimum Gasteiger partial charge on any atom is -0.508 e. The van der Waals surface area contributed by atoms with Gasteiger partial charge in [-0.1, -0.05) is 47.5 Å². The number of phenols is 1. The number of halogens is 2. The zero-order chi connectivity index (χ0) is 21.8. The first kappa shape index (κ1) is 21.2. The van der Waals surface area contributed by atoms with Gasteiger partial charge in [0, 0.05) is 5.56 Å². The van der Waals surface area contributed by atoms with E-state index in [0.717, 1.165) is 5.56 Å². The Morgan fingerprint density at radius 1 is 1.10 bits per heavy atom. The first-order valence-electron chi connectivity index (χ1n) is 9.09. The van der Waals surface area contributed by atoms with Crippen LogP contribution in [-0.4, -0.2) is 27.3 Å². The van der Waals surface area contributed by atoms with Crippen LogP contribution in [0.3, 0.4) is 0 Å². The molecule has 2 heterocycles. The Morgan fingerprint density at radius 2 is 1.90 bits per heavy atom. The molecule has 0 saturated carbocycles. The van der Waals surface area contributed by atoms with E-state index < -0.39 is 0 Å². The molecule has 0 spiro atoms. The average molecular weight is 472 g/mol. The van der Waals surface area contributed by atoms with E-state index in [0.29, 0.717) is 31.4 Å². The highest BCUT2D eigenvalue weighted by molar-refractivity contribution is 8.18. The molecule has 0 unspecified atom stereocenters. The highest BCUT2D eigenvalue weighted by atomic mass is 35.5. The lowest BCUT2D eigenvalue weighted by atomic mass is 10.2. The van der Waals surface area contributed by atoms with Crippen molar-refractivity contribution in [3.05, 3.63) is 92.7 Å². The molecule has 0 radical (unpaired) electrons. The number of furan rings is 1. The van der Waals surface area contributed by atoms with E-state index in [-0.39, 0.29) is 18.2 Å². The summed E-state index contributed by atoms with van der Waals surface area (Å²) in [4.78, 5) is 15.0. The molecule has 1 aromatic heterocycles. The monoisotopic (exact) mass is 471 g/mol. The lowest BCUT2D eigenvalue weighted by Gasteiger charge is -2.12. The van der Waals surface area contributed by atoms with E-state index in [9.17, 15) is 9.90 Å². The Labute approximate surface area is 192 Å². The Balaban J connectivity index is 1.63. The van der Waals surface area contributed by atoms with Crippen molar-refractivity contribution < 1.29 is 14.3 Å². The summed E-state index contributed by atoms with van der Waals surface area (Å²) in [7, 11) is 0. The van der Waals surface area contributed by atoms with Gasteiger partial charge in [-0.3, -0.25) is 9.69 Å². The molecule has 1 amide bonds. The molecule has 1 aliphatic heterocycles. The Hall–Kier alpha value is -3.00. The first-order chi connectivity index (χ1) is 15.0. The van der Waals surface area contributed by atoms with Crippen molar-refractivity contribution in [2.24, 2.45) is 10.2 Å². The number of carbonyl (C=O) groups is 1. The van der Waals surface area contributed by atoms with Crippen molar-refractivity contribution in [1.82, 2.24) is 4.90 Å². The van der Waals surface area contributed by atoms with Gasteiger partial charge in [-0.2, -0.15) is 5.10 Å². The van der Waals surface area contributed by atoms with Crippen LogP contribution in [0, 0.1) is 0 Å². The van der Waals surface area contributed by atoms with Crippen molar-refractivity contribution in [3.63, 3.8) is 0 Å². The molecule has 3 aromatic rings. The van der Waals surface area contributed by atoms with Crippen LogP contribution in [0.4, 0.5) is 0 Å². The Bertz CT molecular complexity index is 1190. The third kappa shape index (κ3) is 5.02. The summed E-state index contributed by atoms with van der Waals surface area (Å²) in [6.45, 7) is 0.220. The van der Waals surface area contributed by atoms with Gasteiger partial charge in [0.2, 0.25) is 0 Å². The molecular weight excluding hydrogens is 457 g/mol. The average Bonchev–Trinajstić information content (AvgIpc) is 3.37. The second-order valence-corrected chi connectivity index (χ2v) is 8.24. The predicted octanol–water partition coefficient (Wildman–Crippen LogP) is 5.80. The summed E-state index contributed by atoms with van der Waals surface area (Å²) in [5, 5.41) is 19.0. The number of thioether (sulfide) groups is 1. The third-order valence-electron chi connectivity index (χ3n) is 4.29. The van der Waals surface area contributed by atoms with Gasteiger partial charge < -0.3 is 9.52 Å². The summed E-state index contributed by atoms with van der Waals surface area (Å²) in [5.41, 5.74) is 1.40. The molecular formula is C22H15Cl2N3O3S. The van der Waals surface area contributed by atoms with Crippen LogP contribution in [0.15, 0.2) is 80.4 Å². The van der Waals surface area contributed by atoms with Gasteiger partial charge in [0.1, 0.15) is 11.5 Å². The molecule has 0 aliphatic carbocycles. The van der Waals surface area contributed by atoms with E-state index in [1.165, 1.54) is 22.9 Å². The van der Waals surface area contributed by atoms with Crippen LogP contribution >= 0.6 is 35.0 Å². The summed E-state index contributed by atoms with van der Waals surface area (Å²) >= 11 is 13.4. The molecule has 4 rings (SSSR count). The first-order valence-corrected chi connectivity index (χ1v) is 10.7. The third-order valence-corrected chi connectivity index (χ3v) is 6.13. The number of rotatable bonds is 5. The fraction of sp³-hybridized carbons (Fsp3) is 0.0455. The molecule has 1 fully saturated rings. The zero-order valence-electron chi connectivity index (χ0n) is 15.9. The lowest BCUT2D eigenvalue weighted by molar-refractivity contribution is -0.122. The summed E-state index contributed by atoms with van der Waals surface area (Å²) in [6.07, 6.45) is 4.77. The van der Waals surface area contributed by atoms with Crippen molar-refractivity contribution in [2.45, 2.75) is 6.54 Å². The van der Waals surface area contributed by atoms with Crippen LogP contribution in [0.2, 0.25) is 10.0 Å². The fourth-order valence-electron chi connectivity index (χ4n) is 2.76. The van der Waals surface area contributed by atoms with Crippen molar-refractivity contribution in [3.8, 4) is 5.75 Å². The van der Waals surface area contributed by atoms with Gasteiger partial charge in [0.05, 0.1) is 34.0 Å². The quantitative estimate of drug-likeness (QED) is 0.289. The molecule has 9 heteroatoms. The van der Waals surface area contributed by atoms with E-state index in [4.69, 9.17) is 27.6 Å². The van der Waals surface area contributed by atoms with E-state index in [1.54, 1.807) is 66.9 Å². The molecule has 31 heavy (non-hydrogen) atoms. The largest absolute Gasteiger partial charge is 0.508 e. The predicted molar refractivity (Wildman–Crippen MR) is 124 cm³/mol. The van der Waals surface area contributed by atoms with Crippen molar-refractivity contribution in [2.75, 3.05) is 0 Å². The van der Waals surface area contributed by atoms with Gasteiger partial charge in [-0.05, 0) is 53.7 Å². The lowest BCUT2D eigenvalue weighted by Crippen LogP contribution is -2.28. The van der Waals surface area contributed by atoms with Crippen LogP contribution in [0.5, 0.6) is 5.75 Å². The molecule has 156 valence electrons. The summed E-state index contributed by atoms with van der Waals surface area (Å²) in [6, 6.07) is 15.3. The molecule has 0 bridgehead atoms. The SMILES string of the molecule is O=C1/C(=C/c2ccc(O)cc2)S/C(=N/N=C\c2cccc(Cl)c2Cl)N1Cc1ccco1.